The topological polar surface area (TPSA) is 111 Å². The number of hydrogen-bond donors (Lipinski definition) is 2. The van der Waals surface area contributed by atoms with Gasteiger partial charge in [0.1, 0.15) is 6.33 Å². The van der Waals surface area contributed by atoms with Crippen LogP contribution in [-0.2, 0) is 0 Å². The van der Waals surface area contributed by atoms with Gasteiger partial charge in [0, 0.05) is 5.56 Å². The lowest BCUT2D eigenvalue weighted by Gasteiger charge is -2.12. The van der Waals surface area contributed by atoms with Crippen LogP contribution in [0.3, 0.4) is 0 Å². The number of hydrogen-bond acceptors (Lipinski definition) is 7. The van der Waals surface area contributed by atoms with Crippen molar-refractivity contribution in [1.82, 2.24) is 20.6 Å². The summed E-state index contributed by atoms with van der Waals surface area (Å²) in [4.78, 5) is 15.3. The van der Waals surface area contributed by atoms with Gasteiger partial charge in [0.15, 0.2) is 11.5 Å². The molecule has 0 spiro atoms. The third-order valence-electron chi connectivity index (χ3n) is 2.70. The predicted molar refractivity (Wildman–Crippen MR) is 77.5 cm³/mol. The third-order valence-corrected chi connectivity index (χ3v) is 2.70. The van der Waals surface area contributed by atoms with Crippen LogP contribution in [-0.4, -0.2) is 48.6 Å². The zero-order valence-corrected chi connectivity index (χ0v) is 12.3. The van der Waals surface area contributed by atoms with E-state index in [2.05, 4.69) is 25.7 Å². The van der Waals surface area contributed by atoms with Crippen molar-refractivity contribution in [2.75, 3.05) is 21.3 Å². The average molecular weight is 305 g/mol. The molecule has 0 saturated carbocycles. The van der Waals surface area contributed by atoms with Crippen LogP contribution in [0.5, 0.6) is 17.2 Å². The van der Waals surface area contributed by atoms with Gasteiger partial charge < -0.3 is 14.2 Å². The van der Waals surface area contributed by atoms with E-state index in [-0.39, 0.29) is 5.82 Å². The van der Waals surface area contributed by atoms with Crippen LogP contribution in [0.4, 0.5) is 0 Å². The molecule has 0 radical (unpaired) electrons. The second-order valence-electron chi connectivity index (χ2n) is 3.99. The number of rotatable bonds is 6. The molecule has 1 aromatic carbocycles. The fourth-order valence-corrected chi connectivity index (χ4v) is 1.71. The summed E-state index contributed by atoms with van der Waals surface area (Å²) in [5, 5.41) is 9.85. The highest BCUT2D eigenvalue weighted by Gasteiger charge is 2.12. The second-order valence-corrected chi connectivity index (χ2v) is 3.99. The molecule has 22 heavy (non-hydrogen) atoms. The quantitative estimate of drug-likeness (QED) is 0.597. The molecule has 0 bridgehead atoms. The molecule has 2 rings (SSSR count). The Kier molecular flexibility index (Phi) is 4.91. The average Bonchev–Trinajstić information content (AvgIpc) is 3.08. The van der Waals surface area contributed by atoms with Gasteiger partial charge in [-0.15, -0.1) is 0 Å². The number of nitrogens with one attached hydrogen (secondary N) is 2. The number of benzene rings is 1. The minimum atomic E-state index is -0.499. The number of nitrogens with zero attached hydrogens (tertiary/aromatic N) is 3. The van der Waals surface area contributed by atoms with Gasteiger partial charge in [0.25, 0.3) is 0 Å². The zero-order chi connectivity index (χ0) is 15.9. The van der Waals surface area contributed by atoms with Gasteiger partial charge in [-0.05, 0) is 12.1 Å². The second kappa shape index (κ2) is 7.07. The maximum Gasteiger partial charge on any atom is 0.308 e. The van der Waals surface area contributed by atoms with Crippen molar-refractivity contribution in [3.05, 3.63) is 29.8 Å². The smallest absolute Gasteiger partial charge is 0.308 e. The van der Waals surface area contributed by atoms with E-state index in [0.717, 1.165) is 0 Å². The Balaban J connectivity index is 2.15. The van der Waals surface area contributed by atoms with Gasteiger partial charge in [-0.1, -0.05) is 0 Å². The maximum absolute atomic E-state index is 11.6. The Bertz CT molecular complexity index is 644. The maximum atomic E-state index is 11.6. The number of H-pyrrole nitrogens is 1. The van der Waals surface area contributed by atoms with Crippen LogP contribution < -0.4 is 19.6 Å². The molecule has 2 N–H and O–H groups in total. The summed E-state index contributed by atoms with van der Waals surface area (Å²) in [6.07, 6.45) is 2.68. The largest absolute Gasteiger partial charge is 0.493 e. The van der Waals surface area contributed by atoms with Crippen molar-refractivity contribution in [2.45, 2.75) is 0 Å². The number of carbonyl (C=O) groups excluding carboxylic acids is 1. The van der Waals surface area contributed by atoms with Gasteiger partial charge in [0.05, 0.1) is 27.5 Å². The first kappa shape index (κ1) is 15.3. The molecule has 0 aliphatic rings. The molecule has 0 atom stereocenters. The van der Waals surface area contributed by atoms with E-state index in [4.69, 9.17) is 14.2 Å². The molecule has 0 saturated heterocycles. The molecule has 1 amide bonds. The van der Waals surface area contributed by atoms with Gasteiger partial charge in [0.2, 0.25) is 11.6 Å². The van der Waals surface area contributed by atoms with Crippen molar-refractivity contribution in [3.63, 3.8) is 0 Å². The Morgan fingerprint density at radius 2 is 1.91 bits per heavy atom. The predicted octanol–water partition coefficient (Wildman–Crippen LogP) is 0.594. The molecule has 0 aliphatic carbocycles. The minimum Gasteiger partial charge on any atom is -0.493 e. The van der Waals surface area contributed by atoms with Crippen molar-refractivity contribution >= 4 is 12.1 Å². The normalized spacial score (nSPS) is 10.5. The monoisotopic (exact) mass is 305 g/mol. The number of methoxy groups -OCH3 is 3. The number of ether oxygens (including phenoxy) is 3. The van der Waals surface area contributed by atoms with E-state index >= 15 is 0 Å². The molecule has 2 aromatic rings. The lowest BCUT2D eigenvalue weighted by Crippen LogP contribution is -2.19. The summed E-state index contributed by atoms with van der Waals surface area (Å²) < 4.78 is 15.7. The van der Waals surface area contributed by atoms with Gasteiger partial charge in [-0.3, -0.25) is 9.89 Å². The molecule has 0 fully saturated rings. The zero-order valence-electron chi connectivity index (χ0n) is 12.3. The Morgan fingerprint density at radius 1 is 1.23 bits per heavy atom. The number of amides is 1. The Labute approximate surface area is 126 Å². The van der Waals surface area contributed by atoms with Crippen LogP contribution in [0.25, 0.3) is 0 Å². The lowest BCUT2D eigenvalue weighted by molar-refractivity contribution is 0.0945. The van der Waals surface area contributed by atoms with E-state index in [1.807, 2.05) is 0 Å². The standard InChI is InChI=1S/C13H15N5O4/c1-20-9-4-8(5-10(21-2)11(9)22-3)6-15-18-13(19)12-14-7-16-17-12/h4-7H,1-3H3,(H,18,19)(H,14,16,17)/b15-6+. The highest BCUT2D eigenvalue weighted by Crippen LogP contribution is 2.37. The van der Waals surface area contributed by atoms with Crippen molar-refractivity contribution in [2.24, 2.45) is 5.10 Å². The Hall–Kier alpha value is -3.10. The van der Waals surface area contributed by atoms with Gasteiger partial charge in [-0.2, -0.15) is 10.2 Å². The molecule has 116 valence electrons. The van der Waals surface area contributed by atoms with Crippen LogP contribution >= 0.6 is 0 Å². The summed E-state index contributed by atoms with van der Waals surface area (Å²) in [6.45, 7) is 0. The Morgan fingerprint density at radius 3 is 2.41 bits per heavy atom. The van der Waals surface area contributed by atoms with E-state index in [0.29, 0.717) is 22.8 Å². The summed E-state index contributed by atoms with van der Waals surface area (Å²) in [5.74, 6) is 1.03. The van der Waals surface area contributed by atoms with Crippen LogP contribution in [0.1, 0.15) is 16.2 Å². The molecular weight excluding hydrogens is 290 g/mol. The third kappa shape index (κ3) is 3.32. The number of carbonyl (C=O) groups is 1. The van der Waals surface area contributed by atoms with Crippen LogP contribution in [0, 0.1) is 0 Å². The summed E-state index contributed by atoms with van der Waals surface area (Å²) in [5.41, 5.74) is 2.98. The van der Waals surface area contributed by atoms with Crippen LogP contribution in [0.15, 0.2) is 23.6 Å². The first-order valence-electron chi connectivity index (χ1n) is 6.18. The number of hydrazone groups is 1. The summed E-state index contributed by atoms with van der Waals surface area (Å²) in [6, 6.07) is 3.40. The van der Waals surface area contributed by atoms with E-state index in [1.165, 1.54) is 33.9 Å². The molecule has 9 heteroatoms. The molecule has 1 aromatic heterocycles. The van der Waals surface area contributed by atoms with Crippen molar-refractivity contribution in [3.8, 4) is 17.2 Å². The fourth-order valence-electron chi connectivity index (χ4n) is 1.71. The minimum absolute atomic E-state index is 0.0713. The lowest BCUT2D eigenvalue weighted by atomic mass is 10.2. The van der Waals surface area contributed by atoms with Gasteiger partial charge >= 0.3 is 5.91 Å². The SMILES string of the molecule is COc1cc(/C=N/NC(=O)c2ncn[nH]2)cc(OC)c1OC. The molecule has 9 nitrogen and oxygen atoms in total. The molecule has 0 aliphatic heterocycles. The number of aromatic amines is 1. The summed E-state index contributed by atoms with van der Waals surface area (Å²) >= 11 is 0. The highest BCUT2D eigenvalue weighted by atomic mass is 16.5. The van der Waals surface area contributed by atoms with Crippen LogP contribution in [0.2, 0.25) is 0 Å². The van der Waals surface area contributed by atoms with Gasteiger partial charge in [-0.25, -0.2) is 10.4 Å². The molecule has 1 heterocycles. The first-order chi connectivity index (χ1) is 10.7. The van der Waals surface area contributed by atoms with Crippen molar-refractivity contribution in [1.29, 1.82) is 0 Å². The summed E-state index contributed by atoms with van der Waals surface area (Å²) in [7, 11) is 4.56. The molecular formula is C13H15N5O4. The van der Waals surface area contributed by atoms with E-state index in [9.17, 15) is 4.79 Å². The first-order valence-corrected chi connectivity index (χ1v) is 6.18. The number of aromatic nitrogens is 3. The van der Waals surface area contributed by atoms with E-state index in [1.54, 1.807) is 12.1 Å². The highest BCUT2D eigenvalue weighted by molar-refractivity contribution is 5.91. The fraction of sp³-hybridized carbons (Fsp3) is 0.231. The van der Waals surface area contributed by atoms with Crippen molar-refractivity contribution < 1.29 is 19.0 Å². The van der Waals surface area contributed by atoms with E-state index < -0.39 is 5.91 Å². The molecule has 0 unspecified atom stereocenters.